The third-order valence-corrected chi connectivity index (χ3v) is 6.64. The van der Waals surface area contributed by atoms with Gasteiger partial charge in [0.05, 0.1) is 13.2 Å². The first-order valence-corrected chi connectivity index (χ1v) is 11.7. The standard InChI is InChI=1S/C23H30N4O3S/c1-4-29-19-10-17-9-15(2)30-20(17)11-18(19)12-25-23(24-3)26-13-22(28)27-7-5-21-16(14-27)6-8-31-21/h6,8,10-11,15H,4-5,7,9,12-14H2,1-3H3,(H2,24,25,26). The van der Waals surface area contributed by atoms with Crippen molar-refractivity contribution in [3.05, 3.63) is 45.1 Å². The van der Waals surface area contributed by atoms with Crippen molar-refractivity contribution < 1.29 is 14.3 Å². The number of fused-ring (bicyclic) bond motifs is 2. The number of guanidine groups is 1. The van der Waals surface area contributed by atoms with Crippen LogP contribution < -0.4 is 20.1 Å². The molecule has 8 heteroatoms. The molecule has 1 unspecified atom stereocenters. The summed E-state index contributed by atoms with van der Waals surface area (Å²) in [6, 6.07) is 6.24. The molecular weight excluding hydrogens is 412 g/mol. The number of amides is 1. The van der Waals surface area contributed by atoms with Gasteiger partial charge in [0.1, 0.15) is 17.6 Å². The maximum atomic E-state index is 12.7. The molecule has 4 rings (SSSR count). The molecule has 7 nitrogen and oxygen atoms in total. The Morgan fingerprint density at radius 3 is 3.03 bits per heavy atom. The highest BCUT2D eigenvalue weighted by Crippen LogP contribution is 2.35. The molecule has 0 fully saturated rings. The van der Waals surface area contributed by atoms with E-state index in [1.165, 1.54) is 16.0 Å². The van der Waals surface area contributed by atoms with Crippen molar-refractivity contribution in [2.45, 2.75) is 45.9 Å². The summed E-state index contributed by atoms with van der Waals surface area (Å²) in [4.78, 5) is 20.2. The largest absolute Gasteiger partial charge is 0.494 e. The Labute approximate surface area is 187 Å². The number of carbonyl (C=O) groups is 1. The van der Waals surface area contributed by atoms with Crippen LogP contribution in [0.3, 0.4) is 0 Å². The van der Waals surface area contributed by atoms with Crippen LogP contribution in [0.25, 0.3) is 0 Å². The summed E-state index contributed by atoms with van der Waals surface area (Å²) in [7, 11) is 1.70. The SMILES string of the molecule is CCOc1cc2c(cc1CNC(=NC)NCC(=O)N1CCc3sccc3C1)OC(C)C2. The highest BCUT2D eigenvalue weighted by Gasteiger charge is 2.23. The predicted octanol–water partition coefficient (Wildman–Crippen LogP) is 2.72. The third kappa shape index (κ3) is 4.95. The third-order valence-electron chi connectivity index (χ3n) is 5.62. The van der Waals surface area contributed by atoms with Crippen molar-refractivity contribution in [1.29, 1.82) is 0 Å². The van der Waals surface area contributed by atoms with Crippen LogP contribution in [0.1, 0.15) is 35.4 Å². The van der Waals surface area contributed by atoms with Crippen molar-refractivity contribution in [3.8, 4) is 11.5 Å². The van der Waals surface area contributed by atoms with Crippen LogP contribution in [0.5, 0.6) is 11.5 Å². The molecule has 2 aliphatic heterocycles. The molecule has 1 aromatic carbocycles. The lowest BCUT2D eigenvalue weighted by molar-refractivity contribution is -0.130. The summed E-state index contributed by atoms with van der Waals surface area (Å²) in [5, 5.41) is 8.54. The Bertz CT molecular complexity index is 972. The second kappa shape index (κ2) is 9.60. The van der Waals surface area contributed by atoms with Gasteiger partial charge in [-0.3, -0.25) is 9.79 Å². The van der Waals surface area contributed by atoms with Crippen molar-refractivity contribution >= 4 is 23.2 Å². The lowest BCUT2D eigenvalue weighted by atomic mass is 10.1. The second-order valence-electron chi connectivity index (χ2n) is 7.85. The minimum Gasteiger partial charge on any atom is -0.494 e. The molecule has 0 radical (unpaired) electrons. The Kier molecular flexibility index (Phi) is 6.65. The molecule has 1 amide bonds. The monoisotopic (exact) mass is 442 g/mol. The molecule has 2 aromatic rings. The van der Waals surface area contributed by atoms with Crippen LogP contribution in [-0.2, 0) is 30.7 Å². The maximum Gasteiger partial charge on any atom is 0.242 e. The number of ether oxygens (including phenoxy) is 2. The minimum absolute atomic E-state index is 0.0784. The Balaban J connectivity index is 1.33. The predicted molar refractivity (Wildman–Crippen MR) is 123 cm³/mol. The number of rotatable bonds is 6. The molecular formula is C23H30N4O3S. The van der Waals surface area contributed by atoms with Gasteiger partial charge in [-0.25, -0.2) is 0 Å². The number of thiophene rings is 1. The van der Waals surface area contributed by atoms with Crippen molar-refractivity contribution in [1.82, 2.24) is 15.5 Å². The van der Waals surface area contributed by atoms with Crippen LogP contribution in [0.4, 0.5) is 0 Å². The van der Waals surface area contributed by atoms with E-state index in [2.05, 4.69) is 40.1 Å². The number of aliphatic imine (C=N–C) groups is 1. The van der Waals surface area contributed by atoms with Crippen molar-refractivity contribution in [2.24, 2.45) is 4.99 Å². The van der Waals surface area contributed by atoms with Crippen LogP contribution in [-0.4, -0.2) is 49.6 Å². The molecule has 0 spiro atoms. The van der Waals surface area contributed by atoms with Gasteiger partial charge in [-0.05, 0) is 49.4 Å². The van der Waals surface area contributed by atoms with E-state index in [1.807, 2.05) is 17.9 Å². The summed E-state index contributed by atoms with van der Waals surface area (Å²) in [5.74, 6) is 2.44. The maximum absolute atomic E-state index is 12.7. The van der Waals surface area contributed by atoms with Crippen LogP contribution in [0.2, 0.25) is 0 Å². The van der Waals surface area contributed by atoms with Crippen LogP contribution in [0.15, 0.2) is 28.6 Å². The number of carbonyl (C=O) groups excluding carboxylic acids is 1. The van der Waals surface area contributed by atoms with Crippen LogP contribution >= 0.6 is 11.3 Å². The summed E-state index contributed by atoms with van der Waals surface area (Å²) >= 11 is 1.78. The number of nitrogens with zero attached hydrogens (tertiary/aromatic N) is 2. The van der Waals surface area contributed by atoms with E-state index in [9.17, 15) is 4.79 Å². The minimum atomic E-state index is 0.0784. The molecule has 2 N–H and O–H groups in total. The molecule has 0 saturated carbocycles. The van der Waals surface area contributed by atoms with E-state index in [1.54, 1.807) is 18.4 Å². The zero-order chi connectivity index (χ0) is 21.8. The highest BCUT2D eigenvalue weighted by molar-refractivity contribution is 7.10. The quantitative estimate of drug-likeness (QED) is 0.532. The Morgan fingerprint density at radius 1 is 1.35 bits per heavy atom. The van der Waals surface area contributed by atoms with E-state index in [4.69, 9.17) is 9.47 Å². The topological polar surface area (TPSA) is 75.2 Å². The van der Waals surface area contributed by atoms with E-state index >= 15 is 0 Å². The molecule has 1 aromatic heterocycles. The summed E-state index contributed by atoms with van der Waals surface area (Å²) in [6.45, 7) is 6.85. The van der Waals surface area contributed by atoms with Gasteiger partial charge in [0.2, 0.25) is 5.91 Å². The molecule has 1 atom stereocenters. The van der Waals surface area contributed by atoms with Gasteiger partial charge < -0.3 is 25.0 Å². The van der Waals surface area contributed by atoms with Crippen LogP contribution in [0, 0.1) is 0 Å². The second-order valence-corrected chi connectivity index (χ2v) is 8.85. The average molecular weight is 443 g/mol. The van der Waals surface area contributed by atoms with E-state index in [0.717, 1.165) is 36.4 Å². The first-order chi connectivity index (χ1) is 15.1. The smallest absolute Gasteiger partial charge is 0.242 e. The molecule has 31 heavy (non-hydrogen) atoms. The van der Waals surface area contributed by atoms with Gasteiger partial charge in [0, 0.05) is 49.1 Å². The molecule has 0 saturated heterocycles. The zero-order valence-electron chi connectivity index (χ0n) is 18.4. The first-order valence-electron chi connectivity index (χ1n) is 10.8. The first kappa shape index (κ1) is 21.5. The van der Waals surface area contributed by atoms with Gasteiger partial charge in [0.15, 0.2) is 5.96 Å². The van der Waals surface area contributed by atoms with E-state index in [-0.39, 0.29) is 18.6 Å². The summed E-state index contributed by atoms with van der Waals surface area (Å²) in [6.07, 6.45) is 2.02. The Morgan fingerprint density at radius 2 is 2.23 bits per heavy atom. The molecule has 3 heterocycles. The molecule has 2 aliphatic rings. The van der Waals surface area contributed by atoms with E-state index in [0.29, 0.717) is 25.7 Å². The average Bonchev–Trinajstić information content (AvgIpc) is 3.38. The molecule has 0 aliphatic carbocycles. The molecule has 0 bridgehead atoms. The fourth-order valence-corrected chi connectivity index (χ4v) is 4.93. The number of hydrogen-bond donors (Lipinski definition) is 2. The van der Waals surface area contributed by atoms with Gasteiger partial charge in [-0.2, -0.15) is 0 Å². The lowest BCUT2D eigenvalue weighted by Gasteiger charge is -2.27. The fraction of sp³-hybridized carbons (Fsp3) is 0.478. The van der Waals surface area contributed by atoms with E-state index < -0.39 is 0 Å². The van der Waals surface area contributed by atoms with Crippen molar-refractivity contribution in [2.75, 3.05) is 26.7 Å². The normalized spacial score (nSPS) is 17.6. The van der Waals surface area contributed by atoms with Gasteiger partial charge in [0.25, 0.3) is 0 Å². The zero-order valence-corrected chi connectivity index (χ0v) is 19.2. The number of hydrogen-bond acceptors (Lipinski definition) is 5. The number of nitrogens with one attached hydrogen (secondary N) is 2. The lowest BCUT2D eigenvalue weighted by Crippen LogP contribution is -2.45. The van der Waals surface area contributed by atoms with Gasteiger partial charge >= 0.3 is 0 Å². The number of benzene rings is 1. The van der Waals surface area contributed by atoms with Gasteiger partial charge in [-0.1, -0.05) is 0 Å². The highest BCUT2D eigenvalue weighted by atomic mass is 32.1. The summed E-state index contributed by atoms with van der Waals surface area (Å²) < 4.78 is 11.7. The van der Waals surface area contributed by atoms with Crippen molar-refractivity contribution in [3.63, 3.8) is 0 Å². The van der Waals surface area contributed by atoms with Gasteiger partial charge in [-0.15, -0.1) is 11.3 Å². The Hall–Kier alpha value is -2.74. The molecule has 166 valence electrons. The summed E-state index contributed by atoms with van der Waals surface area (Å²) in [5.41, 5.74) is 3.46. The fourth-order valence-electron chi connectivity index (χ4n) is 4.04.